The molecule has 0 saturated carbocycles. The molecule has 1 aliphatic heterocycles. The zero-order valence-corrected chi connectivity index (χ0v) is 17.6. The fraction of sp³-hybridized carbons (Fsp3) is 0.600. The lowest BCUT2D eigenvalue weighted by atomic mass is 9.98. The molecule has 0 aliphatic carbocycles. The average Bonchev–Trinajstić information content (AvgIpc) is 2.82. The molecular formula is C10H16F2N3O13P3. The molecule has 1 aromatic rings. The van der Waals surface area contributed by atoms with E-state index in [1.165, 1.54) is 0 Å². The van der Waals surface area contributed by atoms with E-state index < -0.39 is 66.5 Å². The molecule has 1 saturated heterocycles. The van der Waals surface area contributed by atoms with Gasteiger partial charge in [-0.2, -0.15) is 13.6 Å². The largest absolute Gasteiger partial charge is 0.490 e. The van der Waals surface area contributed by atoms with Crippen LogP contribution in [0.15, 0.2) is 17.1 Å². The Labute approximate surface area is 170 Å². The zero-order chi connectivity index (χ0) is 23.8. The Kier molecular flexibility index (Phi) is 7.60. The van der Waals surface area contributed by atoms with Gasteiger partial charge in [-0.1, -0.05) is 0 Å². The van der Waals surface area contributed by atoms with Crippen molar-refractivity contribution in [2.45, 2.75) is 24.1 Å². The molecule has 31 heavy (non-hydrogen) atoms. The standard InChI is InChI=1S/C10H16F2N3O13P3/c11-3-10(4-25-30(21,22)28-31(23,24)27-29(18,19)20)7(16)6(12)8(26-10)15-2-1-5(13)14-9(15)17/h1-2,6-8,16H,3-4H2,(H,21,22)(H,23,24)(H2,13,14,17)(H2,18,19,20). The number of ether oxygens (including phenoxy) is 1. The number of aliphatic hydroxyl groups is 1. The Bertz CT molecular complexity index is 1020. The van der Waals surface area contributed by atoms with Crippen LogP contribution in [0.5, 0.6) is 0 Å². The molecule has 0 spiro atoms. The number of nitrogen functional groups attached to an aromatic ring is 1. The summed E-state index contributed by atoms with van der Waals surface area (Å²) in [4.78, 5) is 50.6. The van der Waals surface area contributed by atoms with Gasteiger partial charge in [0, 0.05) is 6.20 Å². The SMILES string of the molecule is Nc1ccn(C2OC(CF)(COP(=O)(O)OP(=O)(O)OP(=O)(O)O)C(O)C2F)c(=O)n1. The molecule has 1 aromatic heterocycles. The van der Waals surface area contributed by atoms with E-state index in [2.05, 4.69) is 18.1 Å². The second kappa shape index (κ2) is 9.02. The van der Waals surface area contributed by atoms with Crippen molar-refractivity contribution in [1.29, 1.82) is 0 Å². The molecule has 2 rings (SSSR count). The minimum atomic E-state index is -5.86. The van der Waals surface area contributed by atoms with Crippen LogP contribution in [0.4, 0.5) is 14.6 Å². The highest BCUT2D eigenvalue weighted by atomic mass is 31.3. The number of phosphoric acid groups is 3. The molecule has 6 atom stereocenters. The lowest BCUT2D eigenvalue weighted by Crippen LogP contribution is -2.48. The number of rotatable bonds is 9. The molecule has 1 fully saturated rings. The second-order valence-electron chi connectivity index (χ2n) is 6.00. The van der Waals surface area contributed by atoms with Gasteiger partial charge in [0.15, 0.2) is 18.0 Å². The van der Waals surface area contributed by atoms with Crippen molar-refractivity contribution in [2.24, 2.45) is 0 Å². The molecule has 178 valence electrons. The highest BCUT2D eigenvalue weighted by molar-refractivity contribution is 7.66. The van der Waals surface area contributed by atoms with Crippen LogP contribution in [0.2, 0.25) is 0 Å². The lowest BCUT2D eigenvalue weighted by Gasteiger charge is -2.29. The van der Waals surface area contributed by atoms with Crippen molar-refractivity contribution in [3.05, 3.63) is 22.7 Å². The van der Waals surface area contributed by atoms with E-state index >= 15 is 0 Å². The predicted molar refractivity (Wildman–Crippen MR) is 92.5 cm³/mol. The van der Waals surface area contributed by atoms with Crippen LogP contribution in [-0.4, -0.2) is 65.4 Å². The topological polar surface area (TPSA) is 250 Å². The van der Waals surface area contributed by atoms with Crippen LogP contribution in [0.1, 0.15) is 6.23 Å². The summed E-state index contributed by atoms with van der Waals surface area (Å²) in [6.07, 6.45) is -5.93. The summed E-state index contributed by atoms with van der Waals surface area (Å²) in [5.41, 5.74) is 1.44. The zero-order valence-electron chi connectivity index (χ0n) is 14.9. The fourth-order valence-electron chi connectivity index (χ4n) is 2.41. The van der Waals surface area contributed by atoms with Gasteiger partial charge < -0.3 is 35.2 Å². The first-order valence-corrected chi connectivity index (χ1v) is 12.2. The monoisotopic (exact) mass is 517 g/mol. The molecule has 21 heteroatoms. The van der Waals surface area contributed by atoms with Gasteiger partial charge in [0.05, 0.1) is 6.61 Å². The third-order valence-electron chi connectivity index (χ3n) is 3.71. The molecule has 0 aromatic carbocycles. The Balaban J connectivity index is 2.20. The quantitative estimate of drug-likeness (QED) is 0.217. The Hall–Kier alpha value is -1.13. The lowest BCUT2D eigenvalue weighted by molar-refractivity contribution is -0.136. The van der Waals surface area contributed by atoms with Gasteiger partial charge in [-0.25, -0.2) is 27.3 Å². The van der Waals surface area contributed by atoms with E-state index in [0.29, 0.717) is 4.57 Å². The molecule has 7 N–H and O–H groups in total. The summed E-state index contributed by atoms with van der Waals surface area (Å²) < 4.78 is 78.5. The van der Waals surface area contributed by atoms with Crippen molar-refractivity contribution in [3.8, 4) is 0 Å². The molecule has 6 unspecified atom stereocenters. The number of halogens is 2. The van der Waals surface area contributed by atoms with Crippen LogP contribution in [-0.2, 0) is 31.6 Å². The summed E-state index contributed by atoms with van der Waals surface area (Å²) in [6.45, 7) is -3.24. The highest BCUT2D eigenvalue weighted by Gasteiger charge is 2.58. The number of aromatic nitrogens is 2. The van der Waals surface area contributed by atoms with E-state index in [0.717, 1.165) is 12.3 Å². The van der Waals surface area contributed by atoms with E-state index in [1.807, 2.05) is 0 Å². The minimum absolute atomic E-state index is 0.236. The van der Waals surface area contributed by atoms with Gasteiger partial charge in [-0.3, -0.25) is 9.09 Å². The van der Waals surface area contributed by atoms with Gasteiger partial charge in [0.2, 0.25) is 0 Å². The van der Waals surface area contributed by atoms with Crippen LogP contribution in [0, 0.1) is 0 Å². The fourth-order valence-corrected chi connectivity index (χ4v) is 5.49. The van der Waals surface area contributed by atoms with Crippen LogP contribution >= 0.6 is 23.5 Å². The van der Waals surface area contributed by atoms with E-state index in [4.69, 9.17) is 25.2 Å². The maximum atomic E-state index is 14.5. The maximum absolute atomic E-state index is 14.5. The summed E-state index contributed by atoms with van der Waals surface area (Å²) in [6, 6.07) is 1.06. The van der Waals surface area contributed by atoms with Crippen LogP contribution in [0.3, 0.4) is 0 Å². The molecule has 16 nitrogen and oxygen atoms in total. The van der Waals surface area contributed by atoms with Gasteiger partial charge in [0.1, 0.15) is 18.6 Å². The summed E-state index contributed by atoms with van der Waals surface area (Å²) >= 11 is 0. The van der Waals surface area contributed by atoms with Crippen molar-refractivity contribution in [3.63, 3.8) is 0 Å². The Morgan fingerprint density at radius 2 is 1.84 bits per heavy atom. The smallest absolute Gasteiger partial charge is 0.387 e. The summed E-state index contributed by atoms with van der Waals surface area (Å²) in [7, 11) is -17.2. The molecule has 0 amide bonds. The first-order valence-electron chi connectivity index (χ1n) is 7.70. The van der Waals surface area contributed by atoms with Gasteiger partial charge in [-0.05, 0) is 6.07 Å². The molecule has 1 aliphatic rings. The maximum Gasteiger partial charge on any atom is 0.490 e. The number of aliphatic hydroxyl groups excluding tert-OH is 1. The van der Waals surface area contributed by atoms with Gasteiger partial charge >= 0.3 is 29.2 Å². The summed E-state index contributed by atoms with van der Waals surface area (Å²) in [5, 5.41) is 10.0. The van der Waals surface area contributed by atoms with Gasteiger partial charge in [0.25, 0.3) is 0 Å². The van der Waals surface area contributed by atoms with Crippen molar-refractivity contribution < 1.29 is 65.0 Å². The number of phosphoric ester groups is 1. The number of alkyl halides is 2. The Morgan fingerprint density at radius 3 is 2.35 bits per heavy atom. The van der Waals surface area contributed by atoms with Crippen LogP contribution in [0.25, 0.3) is 0 Å². The van der Waals surface area contributed by atoms with Gasteiger partial charge in [-0.15, -0.1) is 0 Å². The first kappa shape index (κ1) is 26.1. The average molecular weight is 517 g/mol. The molecule has 0 radical (unpaired) electrons. The minimum Gasteiger partial charge on any atom is -0.387 e. The summed E-state index contributed by atoms with van der Waals surface area (Å²) in [5.74, 6) is -0.236. The molecular weight excluding hydrogens is 501 g/mol. The van der Waals surface area contributed by atoms with E-state index in [-0.39, 0.29) is 5.82 Å². The normalized spacial score (nSPS) is 30.6. The van der Waals surface area contributed by atoms with Crippen molar-refractivity contribution in [1.82, 2.24) is 9.55 Å². The Morgan fingerprint density at radius 1 is 1.23 bits per heavy atom. The molecule has 0 bridgehead atoms. The number of nitrogens with two attached hydrogens (primary N) is 1. The third kappa shape index (κ3) is 6.44. The number of hydrogen-bond donors (Lipinski definition) is 6. The van der Waals surface area contributed by atoms with E-state index in [9.17, 15) is 37.3 Å². The first-order chi connectivity index (χ1) is 14.0. The number of anilines is 1. The predicted octanol–water partition coefficient (Wildman–Crippen LogP) is -0.895. The molecule has 2 heterocycles. The third-order valence-corrected chi connectivity index (χ3v) is 7.49. The number of hydrogen-bond acceptors (Lipinski definition) is 11. The highest BCUT2D eigenvalue weighted by Crippen LogP contribution is 2.66. The number of nitrogens with zero attached hydrogens (tertiary/aromatic N) is 2. The van der Waals surface area contributed by atoms with Crippen molar-refractivity contribution in [2.75, 3.05) is 19.0 Å². The second-order valence-corrected chi connectivity index (χ2v) is 10.4. The van der Waals surface area contributed by atoms with E-state index in [1.54, 1.807) is 0 Å². The van der Waals surface area contributed by atoms with Crippen LogP contribution < -0.4 is 11.4 Å². The van der Waals surface area contributed by atoms with Crippen molar-refractivity contribution >= 4 is 29.3 Å².